The number of halogens is 1. The number of nitrogens with one attached hydrogen (secondary N) is 1. The van der Waals surface area contributed by atoms with Crippen molar-refractivity contribution in [1.29, 1.82) is 0 Å². The molecule has 3 nitrogen and oxygen atoms in total. The number of aromatic amines is 1. The molecule has 1 aliphatic heterocycles. The molecule has 0 radical (unpaired) electrons. The molecule has 1 aliphatic rings. The molecule has 1 N–H and O–H groups in total. The van der Waals surface area contributed by atoms with Crippen LogP contribution in [0.1, 0.15) is 18.9 Å². The van der Waals surface area contributed by atoms with Gasteiger partial charge in [-0.15, -0.1) is 0 Å². The number of rotatable bonds is 1. The van der Waals surface area contributed by atoms with Crippen molar-refractivity contribution in [3.05, 3.63) is 34.5 Å². The zero-order chi connectivity index (χ0) is 11.8. The molecule has 1 unspecified atom stereocenters. The van der Waals surface area contributed by atoms with E-state index in [2.05, 4.69) is 4.98 Å². The summed E-state index contributed by atoms with van der Waals surface area (Å²) in [5.74, 6) is 1.73. The van der Waals surface area contributed by atoms with Gasteiger partial charge in [0.15, 0.2) is 0 Å². The van der Waals surface area contributed by atoms with Gasteiger partial charge in [-0.25, -0.2) is 9.18 Å². The largest absolute Gasteiger partial charge is 0.326 e. The average Bonchev–Trinajstić information content (AvgIpc) is 2.68. The summed E-state index contributed by atoms with van der Waals surface area (Å²) in [6.45, 7) is 0. The minimum absolute atomic E-state index is 0.191. The highest BCUT2D eigenvalue weighted by molar-refractivity contribution is 7.99. The predicted molar refractivity (Wildman–Crippen MR) is 68.1 cm³/mol. The van der Waals surface area contributed by atoms with E-state index in [0.717, 1.165) is 24.3 Å². The van der Waals surface area contributed by atoms with Crippen molar-refractivity contribution in [1.82, 2.24) is 9.55 Å². The fourth-order valence-electron chi connectivity index (χ4n) is 2.40. The Morgan fingerprint density at radius 2 is 2.35 bits per heavy atom. The average molecular weight is 252 g/mol. The third-order valence-electron chi connectivity index (χ3n) is 3.20. The quantitative estimate of drug-likeness (QED) is 0.847. The van der Waals surface area contributed by atoms with Crippen molar-refractivity contribution in [2.75, 3.05) is 11.5 Å². The second-order valence-corrected chi connectivity index (χ2v) is 5.45. The number of hydrogen-bond donors (Lipinski definition) is 1. The van der Waals surface area contributed by atoms with E-state index in [-0.39, 0.29) is 17.5 Å². The maximum Gasteiger partial charge on any atom is 0.326 e. The molecule has 2 heterocycles. The normalized spacial score (nSPS) is 20.9. The molecule has 2 aromatic rings. The first-order valence-corrected chi connectivity index (χ1v) is 6.89. The molecular formula is C12H13FN2OS. The third-order valence-corrected chi connectivity index (χ3v) is 4.40. The van der Waals surface area contributed by atoms with E-state index < -0.39 is 0 Å². The van der Waals surface area contributed by atoms with Gasteiger partial charge < -0.3 is 4.98 Å². The lowest BCUT2D eigenvalue weighted by atomic mass is 10.2. The maximum atomic E-state index is 13.6. The molecule has 1 aromatic heterocycles. The monoisotopic (exact) mass is 252 g/mol. The van der Waals surface area contributed by atoms with Gasteiger partial charge in [-0.05, 0) is 30.7 Å². The van der Waals surface area contributed by atoms with Gasteiger partial charge >= 0.3 is 5.69 Å². The van der Waals surface area contributed by atoms with Crippen LogP contribution in [0.4, 0.5) is 4.39 Å². The number of nitrogens with zero attached hydrogens (tertiary/aromatic N) is 1. The minimum Gasteiger partial charge on any atom is -0.303 e. The van der Waals surface area contributed by atoms with Crippen molar-refractivity contribution in [2.45, 2.75) is 18.9 Å². The summed E-state index contributed by atoms with van der Waals surface area (Å²) in [7, 11) is 0. The molecule has 1 aromatic carbocycles. The third kappa shape index (κ3) is 1.78. The van der Waals surface area contributed by atoms with Crippen LogP contribution in [-0.2, 0) is 0 Å². The molecule has 0 spiro atoms. The Balaban J connectivity index is 2.18. The number of H-pyrrole nitrogens is 1. The second kappa shape index (κ2) is 4.22. The van der Waals surface area contributed by atoms with Gasteiger partial charge in [0.25, 0.3) is 0 Å². The predicted octanol–water partition coefficient (Wildman–Crippen LogP) is 2.54. The van der Waals surface area contributed by atoms with Crippen LogP contribution in [0.15, 0.2) is 23.0 Å². The molecule has 0 saturated carbocycles. The molecule has 1 saturated heterocycles. The highest BCUT2D eigenvalue weighted by atomic mass is 32.2. The van der Waals surface area contributed by atoms with Crippen LogP contribution < -0.4 is 5.69 Å². The first-order valence-electron chi connectivity index (χ1n) is 5.74. The van der Waals surface area contributed by atoms with E-state index in [0.29, 0.717) is 11.0 Å². The van der Waals surface area contributed by atoms with Gasteiger partial charge in [-0.1, -0.05) is 6.07 Å². The number of fused-ring (bicyclic) bond motifs is 1. The van der Waals surface area contributed by atoms with Crippen LogP contribution in [0.25, 0.3) is 11.0 Å². The van der Waals surface area contributed by atoms with Crippen molar-refractivity contribution in [3.63, 3.8) is 0 Å². The summed E-state index contributed by atoms with van der Waals surface area (Å²) < 4.78 is 15.3. The fraction of sp³-hybridized carbons (Fsp3) is 0.417. The van der Waals surface area contributed by atoms with E-state index in [1.807, 2.05) is 11.8 Å². The van der Waals surface area contributed by atoms with E-state index in [4.69, 9.17) is 0 Å². The molecule has 1 fully saturated rings. The van der Waals surface area contributed by atoms with E-state index in [9.17, 15) is 9.18 Å². The van der Waals surface area contributed by atoms with Gasteiger partial charge in [-0.2, -0.15) is 11.8 Å². The number of aromatic nitrogens is 2. The van der Waals surface area contributed by atoms with Gasteiger partial charge in [0, 0.05) is 11.8 Å². The maximum absolute atomic E-state index is 13.6. The summed E-state index contributed by atoms with van der Waals surface area (Å²) in [4.78, 5) is 14.5. The Morgan fingerprint density at radius 3 is 3.12 bits per heavy atom. The molecule has 17 heavy (non-hydrogen) atoms. The van der Waals surface area contributed by atoms with E-state index >= 15 is 0 Å². The van der Waals surface area contributed by atoms with Gasteiger partial charge in [0.05, 0.1) is 5.52 Å². The summed E-state index contributed by atoms with van der Waals surface area (Å²) >= 11 is 1.86. The van der Waals surface area contributed by atoms with Crippen molar-refractivity contribution in [3.8, 4) is 0 Å². The zero-order valence-corrected chi connectivity index (χ0v) is 10.1. The lowest BCUT2D eigenvalue weighted by molar-refractivity contribution is 0.499. The molecule has 90 valence electrons. The van der Waals surface area contributed by atoms with Crippen molar-refractivity contribution >= 4 is 22.8 Å². The molecule has 0 aliphatic carbocycles. The number of benzene rings is 1. The van der Waals surface area contributed by atoms with Crippen LogP contribution >= 0.6 is 11.8 Å². The van der Waals surface area contributed by atoms with Gasteiger partial charge in [-0.3, -0.25) is 4.57 Å². The minimum atomic E-state index is -0.359. The summed E-state index contributed by atoms with van der Waals surface area (Å²) in [6, 6.07) is 5.02. The Labute approximate surface area is 102 Å². The SMILES string of the molecule is O=c1[nH]c2c(F)cccc2n1C1CCCSC1. The first-order chi connectivity index (χ1) is 8.27. The highest BCUT2D eigenvalue weighted by Gasteiger charge is 2.20. The lowest BCUT2D eigenvalue weighted by Gasteiger charge is -2.22. The Hall–Kier alpha value is -1.23. The molecular weight excluding hydrogens is 239 g/mol. The van der Waals surface area contributed by atoms with Crippen LogP contribution in [-0.4, -0.2) is 21.1 Å². The highest BCUT2D eigenvalue weighted by Crippen LogP contribution is 2.28. The Bertz CT molecular complexity index is 598. The van der Waals surface area contributed by atoms with E-state index in [1.165, 1.54) is 6.07 Å². The van der Waals surface area contributed by atoms with Crippen molar-refractivity contribution in [2.24, 2.45) is 0 Å². The van der Waals surface area contributed by atoms with E-state index in [1.54, 1.807) is 16.7 Å². The lowest BCUT2D eigenvalue weighted by Crippen LogP contribution is -2.25. The zero-order valence-electron chi connectivity index (χ0n) is 9.28. The first kappa shape index (κ1) is 10.9. The number of imidazole rings is 1. The summed E-state index contributed by atoms with van der Waals surface area (Å²) in [5.41, 5.74) is 0.813. The Morgan fingerprint density at radius 1 is 1.47 bits per heavy atom. The molecule has 1 atom stereocenters. The van der Waals surface area contributed by atoms with Gasteiger partial charge in [0.2, 0.25) is 0 Å². The molecule has 0 amide bonds. The number of hydrogen-bond acceptors (Lipinski definition) is 2. The molecule has 5 heteroatoms. The van der Waals surface area contributed by atoms with Crippen LogP contribution in [0.5, 0.6) is 0 Å². The smallest absolute Gasteiger partial charge is 0.303 e. The topological polar surface area (TPSA) is 37.8 Å². The number of thioether (sulfide) groups is 1. The fourth-order valence-corrected chi connectivity index (χ4v) is 3.53. The van der Waals surface area contributed by atoms with Gasteiger partial charge in [0.1, 0.15) is 11.3 Å². The molecule has 3 rings (SSSR count). The van der Waals surface area contributed by atoms with Crippen LogP contribution in [0.2, 0.25) is 0 Å². The van der Waals surface area contributed by atoms with Crippen molar-refractivity contribution < 1.29 is 4.39 Å². The second-order valence-electron chi connectivity index (χ2n) is 4.31. The van der Waals surface area contributed by atoms with Crippen LogP contribution in [0, 0.1) is 5.82 Å². The number of para-hydroxylation sites is 1. The molecule has 0 bridgehead atoms. The van der Waals surface area contributed by atoms with Crippen LogP contribution in [0.3, 0.4) is 0 Å². The summed E-state index contributed by atoms with van der Waals surface area (Å²) in [6.07, 6.45) is 2.11. The summed E-state index contributed by atoms with van der Waals surface area (Å²) in [5, 5.41) is 0. The Kier molecular flexibility index (Phi) is 2.70. The standard InChI is InChI=1S/C12H13FN2OS/c13-9-4-1-5-10-11(9)14-12(16)15(10)8-3-2-6-17-7-8/h1,4-5,8H,2-3,6-7H2,(H,14,16).